The number of ether oxygens (including phenoxy) is 1. The van der Waals surface area contributed by atoms with Gasteiger partial charge in [-0.3, -0.25) is 9.69 Å². The minimum atomic E-state index is -0.0648. The molecule has 0 spiro atoms. The van der Waals surface area contributed by atoms with Crippen LogP contribution in [0.15, 0.2) is 42.7 Å². The molecule has 0 N–H and O–H groups in total. The second-order valence-electron chi connectivity index (χ2n) is 6.91. The second kappa shape index (κ2) is 8.45. The van der Waals surface area contributed by atoms with Crippen molar-refractivity contribution in [3.63, 3.8) is 0 Å². The quantitative estimate of drug-likeness (QED) is 0.811. The molecule has 0 unspecified atom stereocenters. The number of nitrogens with zero attached hydrogens (tertiary/aromatic N) is 5. The molecule has 142 valence electrons. The van der Waals surface area contributed by atoms with Gasteiger partial charge in [-0.05, 0) is 5.56 Å². The Morgan fingerprint density at radius 3 is 2.33 bits per heavy atom. The van der Waals surface area contributed by atoms with Crippen molar-refractivity contribution >= 4 is 11.7 Å². The maximum Gasteiger partial charge on any atom is 0.274 e. The second-order valence-corrected chi connectivity index (χ2v) is 6.91. The standard InChI is InChI=1S/C20H25N5O2/c26-20(25-10-12-27-13-11-25)18-14-22-19(15-21-18)24-8-6-23(7-9-24)16-17-4-2-1-3-5-17/h1-5,14-15H,6-13,16H2. The van der Waals surface area contributed by atoms with Crippen LogP contribution in [0.2, 0.25) is 0 Å². The first-order chi connectivity index (χ1) is 13.3. The number of anilines is 1. The Kier molecular flexibility index (Phi) is 5.60. The average molecular weight is 367 g/mol. The van der Waals surface area contributed by atoms with E-state index in [9.17, 15) is 4.79 Å². The van der Waals surface area contributed by atoms with Crippen LogP contribution in [0.3, 0.4) is 0 Å². The highest BCUT2D eigenvalue weighted by atomic mass is 16.5. The summed E-state index contributed by atoms with van der Waals surface area (Å²) >= 11 is 0. The fraction of sp³-hybridized carbons (Fsp3) is 0.450. The zero-order valence-electron chi connectivity index (χ0n) is 15.5. The van der Waals surface area contributed by atoms with Crippen molar-refractivity contribution in [2.24, 2.45) is 0 Å². The van der Waals surface area contributed by atoms with E-state index in [1.54, 1.807) is 17.3 Å². The number of piperazine rings is 1. The van der Waals surface area contributed by atoms with E-state index in [0.717, 1.165) is 38.5 Å². The number of hydrogen-bond acceptors (Lipinski definition) is 6. The summed E-state index contributed by atoms with van der Waals surface area (Å²) < 4.78 is 5.29. The van der Waals surface area contributed by atoms with Crippen LogP contribution in [-0.4, -0.2) is 78.2 Å². The summed E-state index contributed by atoms with van der Waals surface area (Å²) in [7, 11) is 0. The molecule has 7 nitrogen and oxygen atoms in total. The fourth-order valence-electron chi connectivity index (χ4n) is 3.50. The highest BCUT2D eigenvalue weighted by Crippen LogP contribution is 2.15. The molecule has 0 bridgehead atoms. The third-order valence-electron chi connectivity index (χ3n) is 5.10. The van der Waals surface area contributed by atoms with E-state index in [-0.39, 0.29) is 5.91 Å². The summed E-state index contributed by atoms with van der Waals surface area (Å²) in [6.45, 7) is 7.20. The zero-order chi connectivity index (χ0) is 18.5. The van der Waals surface area contributed by atoms with Crippen LogP contribution in [0, 0.1) is 0 Å². The molecule has 2 fully saturated rings. The van der Waals surface area contributed by atoms with Crippen molar-refractivity contribution in [1.29, 1.82) is 0 Å². The monoisotopic (exact) mass is 367 g/mol. The summed E-state index contributed by atoms with van der Waals surface area (Å²) in [6, 6.07) is 10.6. The lowest BCUT2D eigenvalue weighted by molar-refractivity contribution is 0.0298. The molecule has 0 radical (unpaired) electrons. The van der Waals surface area contributed by atoms with Gasteiger partial charge in [-0.2, -0.15) is 0 Å². The lowest BCUT2D eigenvalue weighted by atomic mass is 10.2. The Morgan fingerprint density at radius 1 is 0.926 bits per heavy atom. The van der Waals surface area contributed by atoms with Gasteiger partial charge < -0.3 is 14.5 Å². The van der Waals surface area contributed by atoms with Crippen LogP contribution in [0.5, 0.6) is 0 Å². The molecule has 0 aliphatic carbocycles. The molecule has 2 aliphatic heterocycles. The third-order valence-corrected chi connectivity index (χ3v) is 5.10. The van der Waals surface area contributed by atoms with Gasteiger partial charge >= 0.3 is 0 Å². The minimum Gasteiger partial charge on any atom is -0.378 e. The lowest BCUT2D eigenvalue weighted by Crippen LogP contribution is -2.46. The smallest absolute Gasteiger partial charge is 0.274 e. The Hall–Kier alpha value is -2.51. The topological polar surface area (TPSA) is 61.8 Å². The van der Waals surface area contributed by atoms with Crippen LogP contribution in [0.1, 0.15) is 16.1 Å². The Labute approximate surface area is 159 Å². The van der Waals surface area contributed by atoms with Gasteiger partial charge in [-0.1, -0.05) is 30.3 Å². The molecule has 4 rings (SSSR count). The fourth-order valence-corrected chi connectivity index (χ4v) is 3.50. The zero-order valence-corrected chi connectivity index (χ0v) is 15.5. The lowest BCUT2D eigenvalue weighted by Gasteiger charge is -2.35. The first-order valence-corrected chi connectivity index (χ1v) is 9.50. The van der Waals surface area contributed by atoms with Crippen LogP contribution in [-0.2, 0) is 11.3 Å². The number of benzene rings is 1. The van der Waals surface area contributed by atoms with Gasteiger partial charge in [0.05, 0.1) is 25.6 Å². The Bertz CT molecular complexity index is 739. The highest BCUT2D eigenvalue weighted by molar-refractivity contribution is 5.92. The van der Waals surface area contributed by atoms with Crippen molar-refractivity contribution < 1.29 is 9.53 Å². The van der Waals surface area contributed by atoms with Gasteiger partial charge in [0.1, 0.15) is 11.5 Å². The van der Waals surface area contributed by atoms with Crippen molar-refractivity contribution in [3.05, 3.63) is 54.0 Å². The number of morpholine rings is 1. The van der Waals surface area contributed by atoms with Crippen LogP contribution in [0.25, 0.3) is 0 Å². The predicted octanol–water partition coefficient (Wildman–Crippen LogP) is 1.27. The van der Waals surface area contributed by atoms with E-state index in [4.69, 9.17) is 4.74 Å². The van der Waals surface area contributed by atoms with Gasteiger partial charge in [0, 0.05) is 45.8 Å². The Balaban J connectivity index is 1.31. The van der Waals surface area contributed by atoms with Crippen LogP contribution >= 0.6 is 0 Å². The largest absolute Gasteiger partial charge is 0.378 e. The molecule has 27 heavy (non-hydrogen) atoms. The summed E-state index contributed by atoms with van der Waals surface area (Å²) in [6.07, 6.45) is 3.32. The summed E-state index contributed by atoms with van der Waals surface area (Å²) in [5.74, 6) is 0.776. The molecule has 1 aromatic heterocycles. The predicted molar refractivity (Wildman–Crippen MR) is 103 cm³/mol. The van der Waals surface area contributed by atoms with Crippen molar-refractivity contribution in [2.45, 2.75) is 6.54 Å². The van der Waals surface area contributed by atoms with E-state index in [2.05, 4.69) is 44.0 Å². The molecule has 2 aromatic rings. The Morgan fingerprint density at radius 2 is 1.67 bits per heavy atom. The van der Waals surface area contributed by atoms with E-state index in [1.165, 1.54) is 5.56 Å². The molecule has 3 heterocycles. The van der Waals surface area contributed by atoms with Gasteiger partial charge in [-0.25, -0.2) is 9.97 Å². The molecule has 0 atom stereocenters. The van der Waals surface area contributed by atoms with E-state index >= 15 is 0 Å². The van der Waals surface area contributed by atoms with Gasteiger partial charge in [0.25, 0.3) is 5.91 Å². The normalized spacial score (nSPS) is 18.5. The van der Waals surface area contributed by atoms with E-state index in [0.29, 0.717) is 32.0 Å². The number of aromatic nitrogens is 2. The molecular formula is C20H25N5O2. The molecule has 0 saturated carbocycles. The number of amides is 1. The first-order valence-electron chi connectivity index (χ1n) is 9.50. The molecule has 7 heteroatoms. The van der Waals surface area contributed by atoms with E-state index in [1.807, 2.05) is 6.07 Å². The third kappa shape index (κ3) is 4.43. The maximum absolute atomic E-state index is 12.5. The average Bonchev–Trinajstić information content (AvgIpc) is 2.75. The summed E-state index contributed by atoms with van der Waals surface area (Å²) in [5.41, 5.74) is 1.75. The van der Waals surface area contributed by atoms with Gasteiger partial charge in [0.2, 0.25) is 0 Å². The van der Waals surface area contributed by atoms with Crippen LogP contribution in [0.4, 0.5) is 5.82 Å². The van der Waals surface area contributed by atoms with Gasteiger partial charge in [0.15, 0.2) is 0 Å². The number of carbonyl (C=O) groups excluding carboxylic acids is 1. The van der Waals surface area contributed by atoms with Gasteiger partial charge in [-0.15, -0.1) is 0 Å². The summed E-state index contributed by atoms with van der Waals surface area (Å²) in [5, 5.41) is 0. The SMILES string of the molecule is O=C(c1cnc(N2CCN(Cc3ccccc3)CC2)cn1)N1CCOCC1. The minimum absolute atomic E-state index is 0.0648. The number of hydrogen-bond donors (Lipinski definition) is 0. The molecule has 2 saturated heterocycles. The first kappa shape index (κ1) is 17.9. The van der Waals surface area contributed by atoms with Crippen molar-refractivity contribution in [3.8, 4) is 0 Å². The number of carbonyl (C=O) groups is 1. The van der Waals surface area contributed by atoms with Crippen molar-refractivity contribution in [1.82, 2.24) is 19.8 Å². The van der Waals surface area contributed by atoms with Crippen LogP contribution < -0.4 is 4.90 Å². The maximum atomic E-state index is 12.5. The molecule has 1 amide bonds. The highest BCUT2D eigenvalue weighted by Gasteiger charge is 2.22. The summed E-state index contributed by atoms with van der Waals surface area (Å²) in [4.78, 5) is 27.8. The molecule has 1 aromatic carbocycles. The van der Waals surface area contributed by atoms with E-state index < -0.39 is 0 Å². The molecule has 2 aliphatic rings. The molecular weight excluding hydrogens is 342 g/mol. The number of rotatable bonds is 4. The van der Waals surface area contributed by atoms with Crippen molar-refractivity contribution in [2.75, 3.05) is 57.4 Å².